The number of nitrogens with one attached hydrogen (secondary N) is 1. The SMILES string of the molecule is Cc1cc(C(=N)N2CCCCC2)ccc1F. The van der Waals surface area contributed by atoms with Gasteiger partial charge in [0.1, 0.15) is 11.7 Å². The van der Waals surface area contributed by atoms with Crippen LogP contribution in [0.15, 0.2) is 18.2 Å². The smallest absolute Gasteiger partial charge is 0.128 e. The number of amidine groups is 1. The molecule has 0 spiro atoms. The Bertz CT molecular complexity index is 395. The molecule has 1 aliphatic heterocycles. The minimum Gasteiger partial charge on any atom is -0.357 e. The molecule has 0 radical (unpaired) electrons. The summed E-state index contributed by atoms with van der Waals surface area (Å²) in [6.07, 6.45) is 3.57. The van der Waals surface area contributed by atoms with Crippen molar-refractivity contribution in [2.75, 3.05) is 13.1 Å². The molecule has 86 valence electrons. The maximum atomic E-state index is 13.1. The highest BCUT2D eigenvalue weighted by atomic mass is 19.1. The molecular weight excluding hydrogens is 203 g/mol. The number of nitrogens with zero attached hydrogens (tertiary/aromatic N) is 1. The molecular formula is C13H17FN2. The summed E-state index contributed by atoms with van der Waals surface area (Å²) >= 11 is 0. The topological polar surface area (TPSA) is 27.1 Å². The van der Waals surface area contributed by atoms with E-state index < -0.39 is 0 Å². The van der Waals surface area contributed by atoms with Crippen LogP contribution in [0.4, 0.5) is 4.39 Å². The molecule has 1 heterocycles. The largest absolute Gasteiger partial charge is 0.357 e. The van der Waals surface area contributed by atoms with Crippen LogP contribution in [0, 0.1) is 18.2 Å². The molecule has 1 aromatic carbocycles. The van der Waals surface area contributed by atoms with Crippen molar-refractivity contribution >= 4 is 5.84 Å². The standard InChI is InChI=1S/C13H17FN2/c1-10-9-11(5-6-12(10)14)13(15)16-7-3-2-4-8-16/h5-6,9,15H,2-4,7-8H2,1H3. The van der Waals surface area contributed by atoms with Crippen molar-refractivity contribution in [3.63, 3.8) is 0 Å². The van der Waals surface area contributed by atoms with Crippen LogP contribution in [-0.4, -0.2) is 23.8 Å². The second-order valence-electron chi connectivity index (χ2n) is 4.36. The van der Waals surface area contributed by atoms with Crippen LogP contribution in [-0.2, 0) is 0 Å². The van der Waals surface area contributed by atoms with Gasteiger partial charge in [-0.25, -0.2) is 4.39 Å². The lowest BCUT2D eigenvalue weighted by Crippen LogP contribution is -2.35. The highest BCUT2D eigenvalue weighted by Gasteiger charge is 2.15. The van der Waals surface area contributed by atoms with Crippen LogP contribution in [0.2, 0.25) is 0 Å². The Morgan fingerprint density at radius 1 is 1.25 bits per heavy atom. The molecule has 0 amide bonds. The maximum Gasteiger partial charge on any atom is 0.128 e. The average molecular weight is 220 g/mol. The van der Waals surface area contributed by atoms with E-state index in [1.165, 1.54) is 12.5 Å². The number of halogens is 1. The van der Waals surface area contributed by atoms with Crippen LogP contribution < -0.4 is 0 Å². The van der Waals surface area contributed by atoms with Crippen LogP contribution in [0.1, 0.15) is 30.4 Å². The van der Waals surface area contributed by atoms with Gasteiger partial charge in [0.05, 0.1) is 0 Å². The first-order chi connectivity index (χ1) is 7.68. The summed E-state index contributed by atoms with van der Waals surface area (Å²) in [6.45, 7) is 3.65. The third-order valence-corrected chi connectivity index (χ3v) is 3.10. The summed E-state index contributed by atoms with van der Waals surface area (Å²) in [6, 6.07) is 4.90. The fourth-order valence-electron chi connectivity index (χ4n) is 2.09. The molecule has 0 bridgehead atoms. The van der Waals surface area contributed by atoms with Gasteiger partial charge in [-0.3, -0.25) is 5.41 Å². The second kappa shape index (κ2) is 4.64. The number of piperidine rings is 1. The van der Waals surface area contributed by atoms with Crippen molar-refractivity contribution in [2.24, 2.45) is 0 Å². The molecule has 1 saturated heterocycles. The molecule has 1 fully saturated rings. The summed E-state index contributed by atoms with van der Waals surface area (Å²) < 4.78 is 13.1. The van der Waals surface area contributed by atoms with Crippen LogP contribution in [0.3, 0.4) is 0 Å². The average Bonchev–Trinajstić information content (AvgIpc) is 2.33. The Balaban J connectivity index is 2.16. The van der Waals surface area contributed by atoms with Crippen LogP contribution in [0.5, 0.6) is 0 Å². The first kappa shape index (κ1) is 11.1. The minimum atomic E-state index is -0.199. The molecule has 1 aromatic rings. The van der Waals surface area contributed by atoms with Crippen molar-refractivity contribution in [3.05, 3.63) is 35.1 Å². The predicted molar refractivity (Wildman–Crippen MR) is 63.4 cm³/mol. The van der Waals surface area contributed by atoms with E-state index >= 15 is 0 Å². The zero-order valence-corrected chi connectivity index (χ0v) is 9.59. The summed E-state index contributed by atoms with van der Waals surface area (Å²) in [5.41, 5.74) is 1.43. The lowest BCUT2D eigenvalue weighted by molar-refractivity contribution is 0.341. The van der Waals surface area contributed by atoms with E-state index in [9.17, 15) is 4.39 Å². The molecule has 2 rings (SSSR count). The first-order valence-corrected chi connectivity index (χ1v) is 5.78. The van der Waals surface area contributed by atoms with E-state index in [0.29, 0.717) is 11.4 Å². The van der Waals surface area contributed by atoms with Crippen LogP contribution in [0.25, 0.3) is 0 Å². The monoisotopic (exact) mass is 220 g/mol. The van der Waals surface area contributed by atoms with Crippen molar-refractivity contribution < 1.29 is 4.39 Å². The Labute approximate surface area is 95.6 Å². The molecule has 0 aromatic heterocycles. The molecule has 2 nitrogen and oxygen atoms in total. The zero-order chi connectivity index (χ0) is 11.5. The fourth-order valence-corrected chi connectivity index (χ4v) is 2.09. The van der Waals surface area contributed by atoms with Gasteiger partial charge in [0.2, 0.25) is 0 Å². The van der Waals surface area contributed by atoms with Gasteiger partial charge in [0.25, 0.3) is 0 Å². The van der Waals surface area contributed by atoms with Gasteiger partial charge in [0.15, 0.2) is 0 Å². The van der Waals surface area contributed by atoms with E-state index in [0.717, 1.165) is 31.5 Å². The normalized spacial score (nSPS) is 16.2. The molecule has 0 aliphatic carbocycles. The maximum absolute atomic E-state index is 13.1. The molecule has 1 aliphatic rings. The Morgan fingerprint density at radius 2 is 1.94 bits per heavy atom. The van der Waals surface area contributed by atoms with Gasteiger partial charge in [0, 0.05) is 18.7 Å². The third-order valence-electron chi connectivity index (χ3n) is 3.10. The first-order valence-electron chi connectivity index (χ1n) is 5.78. The van der Waals surface area contributed by atoms with Gasteiger partial charge < -0.3 is 4.90 Å². The molecule has 0 unspecified atom stereocenters. The van der Waals surface area contributed by atoms with Gasteiger partial charge in [-0.05, 0) is 49.9 Å². The Morgan fingerprint density at radius 3 is 2.56 bits per heavy atom. The molecule has 16 heavy (non-hydrogen) atoms. The summed E-state index contributed by atoms with van der Waals surface area (Å²) in [5.74, 6) is 0.331. The molecule has 0 atom stereocenters. The highest BCUT2D eigenvalue weighted by Crippen LogP contribution is 2.15. The Kier molecular flexibility index (Phi) is 3.22. The van der Waals surface area contributed by atoms with E-state index in [1.807, 2.05) is 0 Å². The molecule has 3 heteroatoms. The predicted octanol–water partition coefficient (Wildman–Crippen LogP) is 2.95. The second-order valence-corrected chi connectivity index (χ2v) is 4.36. The summed E-state index contributed by atoms with van der Waals surface area (Å²) in [7, 11) is 0. The quantitative estimate of drug-likeness (QED) is 0.571. The Hall–Kier alpha value is -1.38. The lowest BCUT2D eigenvalue weighted by Gasteiger charge is -2.29. The van der Waals surface area contributed by atoms with E-state index in [4.69, 9.17) is 5.41 Å². The van der Waals surface area contributed by atoms with E-state index in [-0.39, 0.29) is 5.82 Å². The van der Waals surface area contributed by atoms with Crippen molar-refractivity contribution in [2.45, 2.75) is 26.2 Å². The number of hydrogen-bond acceptors (Lipinski definition) is 1. The fraction of sp³-hybridized carbons (Fsp3) is 0.462. The van der Waals surface area contributed by atoms with Gasteiger partial charge in [-0.2, -0.15) is 0 Å². The molecule has 1 N–H and O–H groups in total. The van der Waals surface area contributed by atoms with Crippen molar-refractivity contribution in [3.8, 4) is 0 Å². The van der Waals surface area contributed by atoms with Gasteiger partial charge in [-0.15, -0.1) is 0 Å². The summed E-state index contributed by atoms with van der Waals surface area (Å²) in [4.78, 5) is 2.08. The number of hydrogen-bond donors (Lipinski definition) is 1. The number of rotatable bonds is 1. The van der Waals surface area contributed by atoms with Crippen molar-refractivity contribution in [1.82, 2.24) is 4.90 Å². The third kappa shape index (κ3) is 2.23. The zero-order valence-electron chi connectivity index (χ0n) is 9.59. The summed E-state index contributed by atoms with van der Waals surface area (Å²) in [5, 5.41) is 8.09. The van der Waals surface area contributed by atoms with Crippen LogP contribution >= 0.6 is 0 Å². The van der Waals surface area contributed by atoms with Gasteiger partial charge >= 0.3 is 0 Å². The van der Waals surface area contributed by atoms with E-state index in [1.54, 1.807) is 19.1 Å². The number of likely N-dealkylation sites (tertiary alicyclic amines) is 1. The number of benzene rings is 1. The highest BCUT2D eigenvalue weighted by molar-refractivity contribution is 5.96. The minimum absolute atomic E-state index is 0.199. The van der Waals surface area contributed by atoms with Gasteiger partial charge in [-0.1, -0.05) is 0 Å². The van der Waals surface area contributed by atoms with E-state index in [2.05, 4.69) is 4.90 Å². The lowest BCUT2D eigenvalue weighted by atomic mass is 10.1. The molecule has 0 saturated carbocycles. The number of aryl methyl sites for hydroxylation is 1. The van der Waals surface area contributed by atoms with Crippen molar-refractivity contribution in [1.29, 1.82) is 5.41 Å².